The van der Waals surface area contributed by atoms with Crippen LogP contribution in [0.4, 0.5) is 5.82 Å². The van der Waals surface area contributed by atoms with E-state index >= 15 is 0 Å². The van der Waals surface area contributed by atoms with Crippen LogP contribution in [0.5, 0.6) is 0 Å². The number of hydrogen-bond donors (Lipinski definition) is 3. The van der Waals surface area contributed by atoms with Crippen molar-refractivity contribution in [3.8, 4) is 0 Å². The first-order chi connectivity index (χ1) is 7.91. The van der Waals surface area contributed by atoms with E-state index in [2.05, 4.69) is 5.32 Å². The van der Waals surface area contributed by atoms with E-state index in [9.17, 15) is 19.2 Å². The standard InChI is InChI=1S/C9H9N3O5/c1-12-6-5(7(14)11-9(12)17)3(8(15)16)2-4(13)10-6/h3H,2H2,1H3,(H,10,13)(H,15,16)(H,11,14,17)/t3-/m1/s1. The highest BCUT2D eigenvalue weighted by Crippen LogP contribution is 2.27. The van der Waals surface area contributed by atoms with Crippen molar-refractivity contribution in [2.75, 3.05) is 5.32 Å². The molecule has 1 amide bonds. The molecule has 8 nitrogen and oxygen atoms in total. The van der Waals surface area contributed by atoms with Crippen molar-refractivity contribution >= 4 is 17.7 Å². The quantitative estimate of drug-likeness (QED) is 0.555. The molecule has 0 fully saturated rings. The van der Waals surface area contributed by atoms with Crippen molar-refractivity contribution in [3.05, 3.63) is 26.4 Å². The Bertz CT molecular complexity index is 626. The lowest BCUT2D eigenvalue weighted by molar-refractivity contribution is -0.140. The van der Waals surface area contributed by atoms with Crippen molar-refractivity contribution in [1.29, 1.82) is 0 Å². The number of H-pyrrole nitrogens is 1. The Morgan fingerprint density at radius 2 is 2.06 bits per heavy atom. The van der Waals surface area contributed by atoms with Gasteiger partial charge in [-0.3, -0.25) is 23.9 Å². The fourth-order valence-corrected chi connectivity index (χ4v) is 1.79. The van der Waals surface area contributed by atoms with Crippen LogP contribution in [-0.4, -0.2) is 26.5 Å². The maximum atomic E-state index is 11.6. The number of carboxylic acid groups (broad SMARTS) is 1. The highest BCUT2D eigenvalue weighted by Gasteiger charge is 2.34. The average molecular weight is 239 g/mol. The van der Waals surface area contributed by atoms with E-state index in [0.717, 1.165) is 4.57 Å². The minimum Gasteiger partial charge on any atom is -0.481 e. The molecule has 1 aromatic heterocycles. The highest BCUT2D eigenvalue weighted by atomic mass is 16.4. The van der Waals surface area contributed by atoms with Crippen LogP contribution in [-0.2, 0) is 16.6 Å². The summed E-state index contributed by atoms with van der Waals surface area (Å²) in [6, 6.07) is 0. The molecule has 0 aromatic carbocycles. The Kier molecular flexibility index (Phi) is 2.34. The maximum absolute atomic E-state index is 11.6. The summed E-state index contributed by atoms with van der Waals surface area (Å²) in [5, 5.41) is 11.3. The van der Waals surface area contributed by atoms with Gasteiger partial charge in [-0.1, -0.05) is 0 Å². The SMILES string of the molecule is Cn1c2c(c(=O)[nH]c1=O)[C@H](C(=O)O)CC(=O)N2. The third kappa shape index (κ3) is 1.63. The van der Waals surface area contributed by atoms with Gasteiger partial charge in [0, 0.05) is 13.5 Å². The number of carboxylic acids is 1. The average Bonchev–Trinajstić information content (AvgIpc) is 2.24. The van der Waals surface area contributed by atoms with E-state index in [0.29, 0.717) is 0 Å². The molecule has 0 spiro atoms. The van der Waals surface area contributed by atoms with Gasteiger partial charge >= 0.3 is 11.7 Å². The molecule has 0 bridgehead atoms. The Balaban J connectivity index is 2.79. The largest absolute Gasteiger partial charge is 0.481 e. The third-order valence-electron chi connectivity index (χ3n) is 2.65. The Labute approximate surface area is 93.9 Å². The summed E-state index contributed by atoms with van der Waals surface area (Å²) in [6.07, 6.45) is -0.316. The van der Waals surface area contributed by atoms with Crippen LogP contribution in [0.2, 0.25) is 0 Å². The molecule has 1 aliphatic rings. The minimum absolute atomic E-state index is 0.0533. The van der Waals surface area contributed by atoms with Crippen molar-refractivity contribution < 1.29 is 14.7 Å². The summed E-state index contributed by atoms with van der Waals surface area (Å²) >= 11 is 0. The van der Waals surface area contributed by atoms with Gasteiger partial charge in [-0.2, -0.15) is 0 Å². The van der Waals surface area contributed by atoms with Gasteiger partial charge in [0.1, 0.15) is 5.82 Å². The van der Waals surface area contributed by atoms with E-state index in [4.69, 9.17) is 5.11 Å². The minimum atomic E-state index is -1.27. The topological polar surface area (TPSA) is 121 Å². The van der Waals surface area contributed by atoms with Gasteiger partial charge < -0.3 is 10.4 Å². The predicted molar refractivity (Wildman–Crippen MR) is 55.9 cm³/mol. The first-order valence-electron chi connectivity index (χ1n) is 4.77. The van der Waals surface area contributed by atoms with Crippen molar-refractivity contribution in [2.45, 2.75) is 12.3 Å². The summed E-state index contributed by atoms with van der Waals surface area (Å²) in [5.41, 5.74) is -1.59. The van der Waals surface area contributed by atoms with Gasteiger partial charge in [-0.15, -0.1) is 0 Å². The van der Waals surface area contributed by atoms with Crippen LogP contribution < -0.4 is 16.6 Å². The molecule has 17 heavy (non-hydrogen) atoms. The number of aliphatic carboxylic acids is 1. The highest BCUT2D eigenvalue weighted by molar-refractivity contribution is 5.98. The van der Waals surface area contributed by atoms with Crippen molar-refractivity contribution in [2.24, 2.45) is 7.05 Å². The number of carbonyl (C=O) groups is 2. The molecular weight excluding hydrogens is 230 g/mol. The van der Waals surface area contributed by atoms with Gasteiger partial charge in [-0.05, 0) is 0 Å². The number of rotatable bonds is 1. The number of hydrogen-bond acceptors (Lipinski definition) is 4. The number of aromatic nitrogens is 2. The van der Waals surface area contributed by atoms with Crippen LogP contribution >= 0.6 is 0 Å². The summed E-state index contributed by atoms with van der Waals surface area (Å²) in [7, 11) is 1.33. The normalized spacial score (nSPS) is 18.4. The molecule has 0 unspecified atom stereocenters. The van der Waals surface area contributed by atoms with Crippen LogP contribution in [0.3, 0.4) is 0 Å². The Morgan fingerprint density at radius 1 is 1.41 bits per heavy atom. The zero-order chi connectivity index (χ0) is 12.7. The maximum Gasteiger partial charge on any atom is 0.329 e. The molecule has 0 saturated carbocycles. The second-order valence-electron chi connectivity index (χ2n) is 3.72. The lowest BCUT2D eigenvalue weighted by Crippen LogP contribution is -2.40. The summed E-state index contributed by atoms with van der Waals surface area (Å²) < 4.78 is 1.00. The zero-order valence-corrected chi connectivity index (χ0v) is 8.81. The third-order valence-corrected chi connectivity index (χ3v) is 2.65. The molecule has 2 heterocycles. The van der Waals surface area contributed by atoms with Crippen LogP contribution in [0, 0.1) is 0 Å². The molecule has 0 aliphatic carbocycles. The molecule has 2 rings (SSSR count). The Morgan fingerprint density at radius 3 is 2.65 bits per heavy atom. The Hall–Kier alpha value is -2.38. The summed E-state index contributed by atoms with van der Waals surface area (Å²) in [6.45, 7) is 0. The van der Waals surface area contributed by atoms with E-state index < -0.39 is 29.0 Å². The molecule has 1 aliphatic heterocycles. The lowest BCUT2D eigenvalue weighted by atomic mass is 9.94. The monoisotopic (exact) mass is 239 g/mol. The molecule has 0 radical (unpaired) electrons. The fraction of sp³-hybridized carbons (Fsp3) is 0.333. The number of amides is 1. The fourth-order valence-electron chi connectivity index (χ4n) is 1.79. The lowest BCUT2D eigenvalue weighted by Gasteiger charge is -2.22. The van der Waals surface area contributed by atoms with Gasteiger partial charge in [0.05, 0.1) is 11.5 Å². The summed E-state index contributed by atoms with van der Waals surface area (Å²) in [5.74, 6) is -3.09. The number of fused-ring (bicyclic) bond motifs is 1. The van der Waals surface area contributed by atoms with E-state index in [1.807, 2.05) is 4.98 Å². The smallest absolute Gasteiger partial charge is 0.329 e. The number of carbonyl (C=O) groups excluding carboxylic acids is 1. The number of anilines is 1. The zero-order valence-electron chi connectivity index (χ0n) is 8.81. The first kappa shape index (κ1) is 11.1. The van der Waals surface area contributed by atoms with E-state index in [1.165, 1.54) is 7.05 Å². The van der Waals surface area contributed by atoms with Crippen LogP contribution in [0.25, 0.3) is 0 Å². The van der Waals surface area contributed by atoms with Gasteiger partial charge in [0.15, 0.2) is 0 Å². The molecule has 8 heteroatoms. The molecule has 90 valence electrons. The van der Waals surface area contributed by atoms with E-state index in [-0.39, 0.29) is 17.8 Å². The first-order valence-corrected chi connectivity index (χ1v) is 4.77. The number of nitrogens with zero attached hydrogens (tertiary/aromatic N) is 1. The van der Waals surface area contributed by atoms with Gasteiger partial charge in [0.25, 0.3) is 5.56 Å². The summed E-state index contributed by atoms with van der Waals surface area (Å²) in [4.78, 5) is 47.2. The number of nitrogens with one attached hydrogen (secondary N) is 2. The van der Waals surface area contributed by atoms with Crippen LogP contribution in [0.1, 0.15) is 17.9 Å². The van der Waals surface area contributed by atoms with Crippen molar-refractivity contribution in [1.82, 2.24) is 9.55 Å². The molecule has 1 aromatic rings. The molecule has 3 N–H and O–H groups in total. The van der Waals surface area contributed by atoms with Crippen molar-refractivity contribution in [3.63, 3.8) is 0 Å². The molecule has 1 atom stereocenters. The van der Waals surface area contributed by atoms with Gasteiger partial charge in [0.2, 0.25) is 5.91 Å². The number of aromatic amines is 1. The molecule has 0 saturated heterocycles. The second kappa shape index (κ2) is 3.58. The van der Waals surface area contributed by atoms with Crippen LogP contribution in [0.15, 0.2) is 9.59 Å². The van der Waals surface area contributed by atoms with Gasteiger partial charge in [-0.25, -0.2) is 4.79 Å². The van der Waals surface area contributed by atoms with E-state index in [1.54, 1.807) is 0 Å². The predicted octanol–water partition coefficient (Wildman–Crippen LogP) is -1.42. The molecular formula is C9H9N3O5. The second-order valence-corrected chi connectivity index (χ2v) is 3.72.